The molecule has 0 saturated heterocycles. The highest BCUT2D eigenvalue weighted by Crippen LogP contribution is 2.56. The van der Waals surface area contributed by atoms with Crippen molar-refractivity contribution in [2.24, 2.45) is 0 Å². The molecule has 6 aromatic rings. The molecular formula is C56H63BN2. The molecule has 0 spiro atoms. The summed E-state index contributed by atoms with van der Waals surface area (Å²) in [5, 5.41) is 1.41. The Morgan fingerprint density at radius 1 is 0.559 bits per heavy atom. The molecule has 3 heteroatoms. The molecule has 11 rings (SSSR count). The minimum Gasteiger partial charge on any atom is -0.313 e. The molecule has 0 radical (unpaired) electrons. The predicted octanol–water partition coefficient (Wildman–Crippen LogP) is 12.9. The highest BCUT2D eigenvalue weighted by molar-refractivity contribution is 7.00. The largest absolute Gasteiger partial charge is 0.313 e. The van der Waals surface area contributed by atoms with Gasteiger partial charge in [-0.1, -0.05) is 132 Å². The van der Waals surface area contributed by atoms with E-state index in [1.807, 2.05) is 0 Å². The lowest BCUT2D eigenvalue weighted by molar-refractivity contribution is 0.332. The number of fused-ring (bicyclic) bond motifs is 11. The van der Waals surface area contributed by atoms with Crippen LogP contribution in [-0.4, -0.2) is 11.3 Å². The Labute approximate surface area is 354 Å². The van der Waals surface area contributed by atoms with Crippen LogP contribution in [0.3, 0.4) is 0 Å². The fourth-order valence-corrected chi connectivity index (χ4v) is 12.7. The van der Waals surface area contributed by atoms with Crippen LogP contribution in [0.1, 0.15) is 160 Å². The second kappa shape index (κ2) is 11.2. The van der Waals surface area contributed by atoms with Crippen molar-refractivity contribution in [1.29, 1.82) is 0 Å². The molecule has 0 N–H and O–H groups in total. The topological polar surface area (TPSA) is 8.17 Å². The van der Waals surface area contributed by atoms with Crippen molar-refractivity contribution < 1.29 is 0 Å². The van der Waals surface area contributed by atoms with Crippen molar-refractivity contribution in [3.63, 3.8) is 0 Å². The van der Waals surface area contributed by atoms with E-state index in [-0.39, 0.29) is 39.2 Å². The van der Waals surface area contributed by atoms with E-state index in [0.29, 0.717) is 0 Å². The summed E-state index contributed by atoms with van der Waals surface area (Å²) < 4.78 is 2.75. The second-order valence-electron chi connectivity index (χ2n) is 23.6. The Bertz CT molecular complexity index is 2860. The lowest BCUT2D eigenvalue weighted by Gasteiger charge is -2.47. The maximum absolute atomic E-state index is 2.75. The number of aromatic nitrogens is 1. The Kier molecular flexibility index (Phi) is 7.15. The van der Waals surface area contributed by atoms with Crippen LogP contribution < -0.4 is 21.3 Å². The normalized spacial score (nSPS) is 20.4. The summed E-state index contributed by atoms with van der Waals surface area (Å²) in [6.07, 6.45) is 4.81. The van der Waals surface area contributed by atoms with Gasteiger partial charge in [0.15, 0.2) is 0 Å². The molecule has 0 amide bonds. The van der Waals surface area contributed by atoms with Crippen LogP contribution in [0.4, 0.5) is 17.1 Å². The number of anilines is 3. The molecule has 0 fully saturated rings. The van der Waals surface area contributed by atoms with Gasteiger partial charge in [-0.15, -0.1) is 0 Å². The van der Waals surface area contributed by atoms with Gasteiger partial charge in [0.1, 0.15) is 0 Å². The minimum absolute atomic E-state index is 0.0151. The predicted molar refractivity (Wildman–Crippen MR) is 254 cm³/mol. The third kappa shape index (κ3) is 4.83. The fraction of sp³-hybridized carbons (Fsp3) is 0.429. The maximum atomic E-state index is 2.75. The van der Waals surface area contributed by atoms with Gasteiger partial charge in [0, 0.05) is 50.3 Å². The van der Waals surface area contributed by atoms with Crippen molar-refractivity contribution in [3.8, 4) is 16.8 Å². The Morgan fingerprint density at radius 3 is 1.81 bits per heavy atom. The highest BCUT2D eigenvalue weighted by atomic mass is 15.2. The average molecular weight is 775 g/mol. The first-order valence-electron chi connectivity index (χ1n) is 22.7. The Balaban J connectivity index is 1.31. The SMILES string of the molecule is Cc1cc2c3c(c1)-n1c4c(c5cc(C(C)(C)C)cc(c51)B3c1cc3c(cc1N2c1ccc2c(c1)C(C)(C)CCC2(C)C)C(C)(C)CCC3(C)C)-c1ccccc1C4(C)C. The number of benzene rings is 5. The van der Waals surface area contributed by atoms with E-state index in [9.17, 15) is 0 Å². The molecule has 2 nitrogen and oxygen atoms in total. The van der Waals surface area contributed by atoms with Crippen LogP contribution in [0.5, 0.6) is 0 Å². The first kappa shape index (κ1) is 37.5. The first-order valence-corrected chi connectivity index (χ1v) is 22.7. The van der Waals surface area contributed by atoms with E-state index in [0.717, 1.165) is 0 Å². The Morgan fingerprint density at radius 2 is 1.15 bits per heavy atom. The van der Waals surface area contributed by atoms with E-state index in [2.05, 4.69) is 185 Å². The fourth-order valence-electron chi connectivity index (χ4n) is 12.7. The molecule has 2 aliphatic heterocycles. The summed E-state index contributed by atoms with van der Waals surface area (Å²) in [6.45, 7) is 34.4. The van der Waals surface area contributed by atoms with Crippen LogP contribution in [0.25, 0.3) is 27.7 Å². The quantitative estimate of drug-likeness (QED) is 0.151. The molecule has 0 atom stereocenters. The molecule has 300 valence electrons. The summed E-state index contributed by atoms with van der Waals surface area (Å²) in [4.78, 5) is 2.72. The van der Waals surface area contributed by atoms with Gasteiger partial charge in [0.05, 0.1) is 0 Å². The van der Waals surface area contributed by atoms with Crippen LogP contribution in [-0.2, 0) is 32.5 Å². The zero-order valence-electron chi connectivity index (χ0n) is 38.3. The van der Waals surface area contributed by atoms with Gasteiger partial charge in [-0.2, -0.15) is 0 Å². The lowest BCUT2D eigenvalue weighted by Crippen LogP contribution is -2.61. The van der Waals surface area contributed by atoms with Crippen molar-refractivity contribution in [3.05, 3.63) is 124 Å². The summed E-state index contributed by atoms with van der Waals surface area (Å²) in [7, 11) is 0. The molecule has 5 aromatic carbocycles. The summed E-state index contributed by atoms with van der Waals surface area (Å²) in [6, 6.07) is 32.4. The van der Waals surface area contributed by atoms with Gasteiger partial charge in [0.2, 0.25) is 0 Å². The standard InChI is InChI=1S/C56H63BN2/c1-32-25-45-48-46(26-32)59-49-36(47-35-17-15-16-18-37(35)56(13,14)50(47)59)27-33(51(2,3)4)28-43(49)57(48)42-30-40-41(55(11,12)24-23-54(40,9)10)31-44(42)58(45)34-19-20-38-39(29-34)53(7,8)22-21-52(38,5)6/h15-20,25-31H,21-24H2,1-14H3. The third-order valence-corrected chi connectivity index (χ3v) is 16.4. The third-order valence-electron chi connectivity index (χ3n) is 16.4. The van der Waals surface area contributed by atoms with E-state index in [1.54, 1.807) is 5.56 Å². The molecule has 0 bridgehead atoms. The Hall–Kier alpha value is -4.50. The summed E-state index contributed by atoms with van der Waals surface area (Å²) in [5.41, 5.74) is 26.0. The monoisotopic (exact) mass is 775 g/mol. The van der Waals surface area contributed by atoms with Crippen LogP contribution >= 0.6 is 0 Å². The number of hydrogen-bond acceptors (Lipinski definition) is 1. The van der Waals surface area contributed by atoms with Crippen molar-refractivity contribution in [2.45, 2.75) is 155 Å². The maximum Gasteiger partial charge on any atom is 0.252 e. The average Bonchev–Trinajstić information content (AvgIpc) is 3.63. The van der Waals surface area contributed by atoms with E-state index < -0.39 is 0 Å². The van der Waals surface area contributed by atoms with Crippen LogP contribution in [0.15, 0.2) is 78.9 Å². The van der Waals surface area contributed by atoms with Crippen molar-refractivity contribution in [2.75, 3.05) is 4.90 Å². The number of rotatable bonds is 1. The number of hydrogen-bond donors (Lipinski definition) is 0. The highest BCUT2D eigenvalue weighted by Gasteiger charge is 2.50. The van der Waals surface area contributed by atoms with E-state index in [4.69, 9.17) is 0 Å². The molecule has 0 unspecified atom stereocenters. The first-order chi connectivity index (χ1) is 27.5. The van der Waals surface area contributed by atoms with Crippen LogP contribution in [0.2, 0.25) is 0 Å². The molecule has 1 aromatic heterocycles. The number of nitrogens with zero attached hydrogens (tertiary/aromatic N) is 2. The molecule has 0 saturated carbocycles. The number of aryl methyl sites for hydroxylation is 1. The van der Waals surface area contributed by atoms with Crippen LogP contribution in [0, 0.1) is 6.92 Å². The molecule has 59 heavy (non-hydrogen) atoms. The minimum atomic E-state index is -0.161. The van der Waals surface area contributed by atoms with Gasteiger partial charge >= 0.3 is 0 Å². The lowest BCUT2D eigenvalue weighted by atomic mass is 9.33. The second-order valence-corrected chi connectivity index (χ2v) is 23.6. The zero-order valence-corrected chi connectivity index (χ0v) is 38.3. The van der Waals surface area contributed by atoms with Crippen molar-refractivity contribution in [1.82, 2.24) is 4.57 Å². The van der Waals surface area contributed by atoms with Crippen molar-refractivity contribution >= 4 is 51.1 Å². The molecule has 3 heterocycles. The van der Waals surface area contributed by atoms with Gasteiger partial charge in [-0.05, 0) is 157 Å². The van der Waals surface area contributed by atoms with E-state index in [1.165, 1.54) is 126 Å². The molecular weight excluding hydrogens is 711 g/mol. The van der Waals surface area contributed by atoms with Gasteiger partial charge in [0.25, 0.3) is 6.71 Å². The summed E-state index contributed by atoms with van der Waals surface area (Å²) >= 11 is 0. The van der Waals surface area contributed by atoms with Gasteiger partial charge in [-0.25, -0.2) is 0 Å². The van der Waals surface area contributed by atoms with Gasteiger partial charge in [-0.3, -0.25) is 0 Å². The molecule has 3 aliphatic carbocycles. The van der Waals surface area contributed by atoms with Gasteiger partial charge < -0.3 is 9.47 Å². The van der Waals surface area contributed by atoms with E-state index >= 15 is 0 Å². The zero-order chi connectivity index (χ0) is 41.7. The smallest absolute Gasteiger partial charge is 0.252 e. The molecule has 5 aliphatic rings. The summed E-state index contributed by atoms with van der Waals surface area (Å²) in [5.74, 6) is 0.